The summed E-state index contributed by atoms with van der Waals surface area (Å²) in [7, 11) is 1.65. The van der Waals surface area contributed by atoms with E-state index >= 15 is 0 Å². The van der Waals surface area contributed by atoms with E-state index in [9.17, 15) is 24.0 Å². The largest absolute Gasteiger partial charge is 0.451 e. The third-order valence-corrected chi connectivity index (χ3v) is 7.69. The second-order valence-electron chi connectivity index (χ2n) is 10.1. The molecule has 0 saturated carbocycles. The van der Waals surface area contributed by atoms with Gasteiger partial charge in [-0.1, -0.05) is 6.07 Å². The maximum atomic E-state index is 13.1. The summed E-state index contributed by atoms with van der Waals surface area (Å²) in [6.07, 6.45) is 3.58. The van der Waals surface area contributed by atoms with Crippen LogP contribution < -0.4 is 21.1 Å². The van der Waals surface area contributed by atoms with Crippen molar-refractivity contribution in [1.29, 1.82) is 0 Å². The molecule has 2 aromatic heterocycles. The van der Waals surface area contributed by atoms with E-state index < -0.39 is 11.9 Å². The van der Waals surface area contributed by atoms with E-state index in [1.807, 2.05) is 18.2 Å². The Kier molecular flexibility index (Phi) is 5.77. The maximum Gasteiger partial charge on any atom is 0.287 e. The molecule has 1 atom stereocenters. The Labute approximate surface area is 217 Å². The number of imide groups is 1. The molecule has 0 radical (unpaired) electrons. The molecule has 3 aliphatic rings. The van der Waals surface area contributed by atoms with Crippen molar-refractivity contribution in [2.24, 2.45) is 7.05 Å². The molecule has 0 aliphatic carbocycles. The van der Waals surface area contributed by atoms with Crippen LogP contribution in [-0.4, -0.2) is 58.3 Å². The first-order valence-electron chi connectivity index (χ1n) is 12.7. The molecule has 38 heavy (non-hydrogen) atoms. The number of amides is 4. The number of pyridine rings is 1. The van der Waals surface area contributed by atoms with Gasteiger partial charge in [0.15, 0.2) is 5.76 Å². The molecule has 11 nitrogen and oxygen atoms in total. The molecule has 1 aromatic carbocycles. The Hall–Kier alpha value is -4.41. The summed E-state index contributed by atoms with van der Waals surface area (Å²) in [5.74, 6) is -1.15. The van der Waals surface area contributed by atoms with Crippen LogP contribution in [0.1, 0.15) is 52.2 Å². The van der Waals surface area contributed by atoms with Crippen LogP contribution >= 0.6 is 0 Å². The van der Waals surface area contributed by atoms with E-state index in [-0.39, 0.29) is 41.5 Å². The minimum Gasteiger partial charge on any atom is -0.451 e. The summed E-state index contributed by atoms with van der Waals surface area (Å²) in [6.45, 7) is 1.73. The van der Waals surface area contributed by atoms with E-state index in [1.165, 1.54) is 10.6 Å². The van der Waals surface area contributed by atoms with Crippen LogP contribution in [0.25, 0.3) is 11.0 Å². The van der Waals surface area contributed by atoms with Crippen molar-refractivity contribution in [2.45, 2.75) is 44.3 Å². The minimum atomic E-state index is -0.634. The number of nitrogens with zero attached hydrogens (tertiary/aromatic N) is 3. The summed E-state index contributed by atoms with van der Waals surface area (Å²) < 4.78 is 7.04. The molecule has 6 rings (SSSR count). The first kappa shape index (κ1) is 24.0. The molecule has 0 spiro atoms. The number of benzene rings is 1. The number of carbonyl (C=O) groups is 4. The van der Waals surface area contributed by atoms with Crippen LogP contribution in [0.15, 0.2) is 45.7 Å². The zero-order chi connectivity index (χ0) is 26.6. The Morgan fingerprint density at radius 3 is 2.61 bits per heavy atom. The maximum absolute atomic E-state index is 13.1. The Balaban J connectivity index is 1.08. The smallest absolute Gasteiger partial charge is 0.287 e. The van der Waals surface area contributed by atoms with E-state index in [4.69, 9.17) is 4.42 Å². The molecule has 11 heteroatoms. The third-order valence-electron chi connectivity index (χ3n) is 7.69. The first-order valence-corrected chi connectivity index (χ1v) is 12.7. The van der Waals surface area contributed by atoms with E-state index in [0.29, 0.717) is 55.4 Å². The van der Waals surface area contributed by atoms with Gasteiger partial charge in [0.05, 0.1) is 5.39 Å². The number of hydrogen-bond acceptors (Lipinski definition) is 7. The van der Waals surface area contributed by atoms with Crippen molar-refractivity contribution in [3.8, 4) is 0 Å². The number of carbonyl (C=O) groups excluding carboxylic acids is 4. The lowest BCUT2D eigenvalue weighted by Gasteiger charge is -2.34. The molecule has 4 amide bonds. The normalized spacial score (nSPS) is 20.1. The number of piperidine rings is 2. The van der Waals surface area contributed by atoms with Gasteiger partial charge in [0.2, 0.25) is 11.8 Å². The number of nitrogens with one attached hydrogen (secondary N) is 2. The monoisotopic (exact) mass is 517 g/mol. The number of anilines is 1. The van der Waals surface area contributed by atoms with Crippen LogP contribution in [0.5, 0.6) is 0 Å². The van der Waals surface area contributed by atoms with Crippen LogP contribution in [0.2, 0.25) is 0 Å². The highest BCUT2D eigenvalue weighted by atomic mass is 16.3. The van der Waals surface area contributed by atoms with Crippen molar-refractivity contribution < 1.29 is 23.6 Å². The number of rotatable bonds is 4. The molecule has 3 aliphatic heterocycles. The molecular formula is C27H27N5O6. The molecule has 1 unspecified atom stereocenters. The second kappa shape index (κ2) is 9.16. The highest BCUT2D eigenvalue weighted by Crippen LogP contribution is 2.31. The van der Waals surface area contributed by atoms with E-state index in [2.05, 4.69) is 15.5 Å². The van der Waals surface area contributed by atoms with Crippen LogP contribution in [0, 0.1) is 0 Å². The average molecular weight is 518 g/mol. The predicted octanol–water partition coefficient (Wildman–Crippen LogP) is 1.29. The Bertz CT molecular complexity index is 1550. The molecular weight excluding hydrogens is 490 g/mol. The van der Waals surface area contributed by atoms with Gasteiger partial charge < -0.3 is 24.1 Å². The summed E-state index contributed by atoms with van der Waals surface area (Å²) in [6, 6.07) is 8.25. The molecule has 5 heterocycles. The molecule has 2 fully saturated rings. The van der Waals surface area contributed by atoms with Crippen molar-refractivity contribution in [3.63, 3.8) is 0 Å². The quantitative estimate of drug-likeness (QED) is 0.498. The molecule has 2 saturated heterocycles. The number of aromatic nitrogens is 1. The van der Waals surface area contributed by atoms with Gasteiger partial charge in [0, 0.05) is 62.7 Å². The average Bonchev–Trinajstić information content (AvgIpc) is 3.49. The van der Waals surface area contributed by atoms with E-state index in [0.717, 1.165) is 11.3 Å². The second-order valence-corrected chi connectivity index (χ2v) is 10.1. The van der Waals surface area contributed by atoms with Gasteiger partial charge in [0.25, 0.3) is 17.4 Å². The predicted molar refractivity (Wildman–Crippen MR) is 137 cm³/mol. The van der Waals surface area contributed by atoms with Gasteiger partial charge in [-0.2, -0.15) is 0 Å². The fourth-order valence-electron chi connectivity index (χ4n) is 5.52. The summed E-state index contributed by atoms with van der Waals surface area (Å²) in [5.41, 5.74) is 2.53. The van der Waals surface area contributed by atoms with Gasteiger partial charge >= 0.3 is 0 Å². The fraction of sp³-hybridized carbons (Fsp3) is 0.370. The summed E-state index contributed by atoms with van der Waals surface area (Å²) in [4.78, 5) is 65.7. The van der Waals surface area contributed by atoms with Gasteiger partial charge in [-0.05, 0) is 43.0 Å². The van der Waals surface area contributed by atoms with Gasteiger partial charge in [0.1, 0.15) is 11.6 Å². The molecule has 3 aromatic rings. The molecule has 0 bridgehead atoms. The Morgan fingerprint density at radius 2 is 1.84 bits per heavy atom. The zero-order valence-electron chi connectivity index (χ0n) is 20.9. The summed E-state index contributed by atoms with van der Waals surface area (Å²) >= 11 is 0. The zero-order valence-corrected chi connectivity index (χ0v) is 20.9. The van der Waals surface area contributed by atoms with Crippen LogP contribution in [0.4, 0.5) is 5.69 Å². The lowest BCUT2D eigenvalue weighted by molar-refractivity contribution is -0.136. The highest BCUT2D eigenvalue weighted by molar-refractivity contribution is 6.05. The lowest BCUT2D eigenvalue weighted by atomic mass is 10.0. The number of fused-ring (bicyclic) bond motifs is 2. The minimum absolute atomic E-state index is 0.0473. The van der Waals surface area contributed by atoms with Gasteiger partial charge in [-0.3, -0.25) is 29.3 Å². The van der Waals surface area contributed by atoms with Gasteiger partial charge in [-0.25, -0.2) is 0 Å². The number of hydrogen-bond donors (Lipinski definition) is 2. The topological polar surface area (TPSA) is 134 Å². The fourth-order valence-corrected chi connectivity index (χ4v) is 5.52. The highest BCUT2D eigenvalue weighted by Gasteiger charge is 2.39. The van der Waals surface area contributed by atoms with Crippen molar-refractivity contribution in [2.75, 3.05) is 18.0 Å². The standard InChI is InChI=1S/C27H27N5O6/c1-30-9-8-21-19(26(30)36)13-22(38-21)25(35)28-16-6-10-31(11-7-16)17-3-2-15-14-32(27(37)18(15)12-17)20-4-5-23(33)29-24(20)34/h2-3,8-9,12-13,16,20H,4-7,10-11,14H2,1H3,(H,28,35)(H,29,33,34). The third kappa shape index (κ3) is 4.13. The molecule has 2 N–H and O–H groups in total. The molecule has 196 valence electrons. The SMILES string of the molecule is Cn1ccc2oc(C(=O)NC3CCN(c4ccc5c(c4)C(=O)N(C4CCC(=O)NC4=O)C5)CC3)cc2c1=O. The van der Waals surface area contributed by atoms with Crippen molar-refractivity contribution in [3.05, 3.63) is 63.8 Å². The lowest BCUT2D eigenvalue weighted by Crippen LogP contribution is -2.52. The van der Waals surface area contributed by atoms with Crippen LogP contribution in [-0.2, 0) is 23.2 Å². The van der Waals surface area contributed by atoms with Gasteiger partial charge in [-0.15, -0.1) is 0 Å². The number of aryl methyl sites for hydroxylation is 1. The van der Waals surface area contributed by atoms with E-state index in [1.54, 1.807) is 24.2 Å². The summed E-state index contributed by atoms with van der Waals surface area (Å²) in [5, 5.41) is 5.71. The van der Waals surface area contributed by atoms with Crippen LogP contribution in [0.3, 0.4) is 0 Å². The first-order chi connectivity index (χ1) is 18.3. The van der Waals surface area contributed by atoms with Crippen molar-refractivity contribution in [1.82, 2.24) is 20.1 Å². The van der Waals surface area contributed by atoms with Crippen molar-refractivity contribution >= 4 is 40.3 Å². The number of furan rings is 1. The Morgan fingerprint density at radius 1 is 1.05 bits per heavy atom.